The number of hydrogen-bond acceptors (Lipinski definition) is 6. The van der Waals surface area contributed by atoms with Crippen molar-refractivity contribution < 1.29 is 28.6 Å². The molecule has 0 fully saturated rings. The molecular weight excluding hydrogens is 350 g/mol. The molecule has 1 amide bonds. The standard InChI is InChI=1S/C20H19NO6/c1-25-17-5-3-4-14(12-17)6-11-19(23)27-13-18(22)21-16-9-7-15(8-10-16)20(24)26-2/h3-12H,13H2,1-2H3,(H,21,22)/b11-6+. The lowest BCUT2D eigenvalue weighted by Gasteiger charge is -2.06. The highest BCUT2D eigenvalue weighted by Gasteiger charge is 2.08. The summed E-state index contributed by atoms with van der Waals surface area (Å²) in [7, 11) is 2.84. The lowest BCUT2D eigenvalue weighted by atomic mass is 10.2. The molecule has 0 saturated heterocycles. The number of rotatable bonds is 7. The molecule has 27 heavy (non-hydrogen) atoms. The smallest absolute Gasteiger partial charge is 0.337 e. The van der Waals surface area contributed by atoms with E-state index < -0.39 is 24.5 Å². The Morgan fingerprint density at radius 1 is 1.04 bits per heavy atom. The summed E-state index contributed by atoms with van der Waals surface area (Å²) in [5.74, 6) is -0.939. The number of esters is 2. The highest BCUT2D eigenvalue weighted by molar-refractivity contribution is 5.95. The Hall–Kier alpha value is -3.61. The van der Waals surface area contributed by atoms with Crippen molar-refractivity contribution in [2.24, 2.45) is 0 Å². The predicted molar refractivity (Wildman–Crippen MR) is 99.4 cm³/mol. The van der Waals surface area contributed by atoms with Gasteiger partial charge >= 0.3 is 11.9 Å². The maximum Gasteiger partial charge on any atom is 0.337 e. The van der Waals surface area contributed by atoms with E-state index in [1.807, 2.05) is 0 Å². The number of anilines is 1. The molecule has 2 aromatic carbocycles. The molecule has 2 aromatic rings. The molecule has 0 aliphatic carbocycles. The fraction of sp³-hybridized carbons (Fsp3) is 0.150. The first-order valence-electron chi connectivity index (χ1n) is 7.99. The molecule has 2 rings (SSSR count). The number of nitrogens with one attached hydrogen (secondary N) is 1. The summed E-state index contributed by atoms with van der Waals surface area (Å²) < 4.78 is 14.6. The first-order chi connectivity index (χ1) is 13.0. The van der Waals surface area contributed by atoms with Gasteiger partial charge in [-0.1, -0.05) is 12.1 Å². The molecule has 0 spiro atoms. The van der Waals surface area contributed by atoms with Gasteiger partial charge in [-0.05, 0) is 48.0 Å². The molecule has 7 nitrogen and oxygen atoms in total. The summed E-state index contributed by atoms with van der Waals surface area (Å²) in [6.07, 6.45) is 2.79. The summed E-state index contributed by atoms with van der Waals surface area (Å²) >= 11 is 0. The summed E-state index contributed by atoms with van der Waals surface area (Å²) in [6.45, 7) is -0.431. The molecule has 1 N–H and O–H groups in total. The number of benzene rings is 2. The lowest BCUT2D eigenvalue weighted by Crippen LogP contribution is -2.20. The highest BCUT2D eigenvalue weighted by Crippen LogP contribution is 2.13. The van der Waals surface area contributed by atoms with Crippen molar-refractivity contribution in [2.75, 3.05) is 26.1 Å². The van der Waals surface area contributed by atoms with Crippen LogP contribution in [0.5, 0.6) is 5.75 Å². The Kier molecular flexibility index (Phi) is 7.13. The third kappa shape index (κ3) is 6.32. The minimum Gasteiger partial charge on any atom is -0.497 e. The first-order valence-corrected chi connectivity index (χ1v) is 7.99. The topological polar surface area (TPSA) is 90.9 Å². The molecule has 140 valence electrons. The molecule has 0 heterocycles. The average Bonchev–Trinajstić information content (AvgIpc) is 2.70. The van der Waals surface area contributed by atoms with Crippen molar-refractivity contribution >= 4 is 29.6 Å². The normalized spacial score (nSPS) is 10.3. The molecule has 0 aliphatic heterocycles. The monoisotopic (exact) mass is 369 g/mol. The van der Waals surface area contributed by atoms with Crippen LogP contribution >= 0.6 is 0 Å². The van der Waals surface area contributed by atoms with Gasteiger partial charge in [-0.25, -0.2) is 9.59 Å². The van der Waals surface area contributed by atoms with E-state index in [0.717, 1.165) is 5.56 Å². The third-order valence-electron chi connectivity index (χ3n) is 3.44. The number of methoxy groups -OCH3 is 2. The zero-order valence-corrected chi connectivity index (χ0v) is 14.9. The van der Waals surface area contributed by atoms with E-state index in [-0.39, 0.29) is 0 Å². The maximum absolute atomic E-state index is 11.8. The molecule has 0 atom stereocenters. The summed E-state index contributed by atoms with van der Waals surface area (Å²) in [5.41, 5.74) is 1.60. The number of ether oxygens (including phenoxy) is 3. The number of amides is 1. The fourth-order valence-electron chi connectivity index (χ4n) is 2.10. The molecule has 0 aliphatic rings. The summed E-state index contributed by atoms with van der Waals surface area (Å²) in [6, 6.07) is 13.3. The highest BCUT2D eigenvalue weighted by atomic mass is 16.5. The van der Waals surface area contributed by atoms with E-state index in [4.69, 9.17) is 9.47 Å². The summed E-state index contributed by atoms with van der Waals surface area (Å²) in [5, 5.41) is 2.56. The van der Waals surface area contributed by atoms with Crippen LogP contribution in [0, 0.1) is 0 Å². The van der Waals surface area contributed by atoms with Crippen LogP contribution in [0.2, 0.25) is 0 Å². The van der Waals surface area contributed by atoms with Crippen LogP contribution in [0.1, 0.15) is 15.9 Å². The van der Waals surface area contributed by atoms with Crippen molar-refractivity contribution in [2.45, 2.75) is 0 Å². The van der Waals surface area contributed by atoms with Gasteiger partial charge in [0.05, 0.1) is 19.8 Å². The minimum atomic E-state index is -0.644. The van der Waals surface area contributed by atoms with Gasteiger partial charge in [-0.3, -0.25) is 4.79 Å². The van der Waals surface area contributed by atoms with Crippen LogP contribution in [0.25, 0.3) is 6.08 Å². The maximum atomic E-state index is 11.8. The Bertz CT molecular complexity index is 842. The second-order valence-electron chi connectivity index (χ2n) is 5.33. The number of hydrogen-bond donors (Lipinski definition) is 1. The molecular formula is C20H19NO6. The Balaban J connectivity index is 1.81. The van der Waals surface area contributed by atoms with Gasteiger partial charge in [-0.15, -0.1) is 0 Å². The average molecular weight is 369 g/mol. The quantitative estimate of drug-likeness (QED) is 0.596. The minimum absolute atomic E-state index is 0.365. The zero-order valence-electron chi connectivity index (χ0n) is 14.9. The SMILES string of the molecule is COC(=O)c1ccc(NC(=O)COC(=O)/C=C/c2cccc(OC)c2)cc1. The van der Waals surface area contributed by atoms with Crippen LogP contribution in [0.3, 0.4) is 0 Å². The molecule has 7 heteroatoms. The van der Waals surface area contributed by atoms with Gasteiger partial charge in [0.15, 0.2) is 6.61 Å². The molecule has 0 unspecified atom stereocenters. The van der Waals surface area contributed by atoms with Gasteiger partial charge in [0, 0.05) is 11.8 Å². The fourth-order valence-corrected chi connectivity index (χ4v) is 2.10. The van der Waals surface area contributed by atoms with Gasteiger partial charge in [0.1, 0.15) is 5.75 Å². The third-order valence-corrected chi connectivity index (χ3v) is 3.44. The van der Waals surface area contributed by atoms with Gasteiger partial charge < -0.3 is 19.5 Å². The van der Waals surface area contributed by atoms with E-state index in [1.54, 1.807) is 49.6 Å². The van der Waals surface area contributed by atoms with E-state index in [0.29, 0.717) is 17.0 Å². The first kappa shape index (κ1) is 19.7. The van der Waals surface area contributed by atoms with E-state index in [2.05, 4.69) is 10.1 Å². The largest absolute Gasteiger partial charge is 0.497 e. The van der Waals surface area contributed by atoms with Gasteiger partial charge in [0.2, 0.25) is 0 Å². The Labute approximate surface area is 156 Å². The predicted octanol–water partition coefficient (Wildman–Crippen LogP) is 2.68. The van der Waals surface area contributed by atoms with E-state index >= 15 is 0 Å². The second-order valence-corrected chi connectivity index (χ2v) is 5.33. The second kappa shape index (κ2) is 9.76. The van der Waals surface area contributed by atoms with Crippen LogP contribution in [-0.4, -0.2) is 38.7 Å². The molecule has 0 bridgehead atoms. The van der Waals surface area contributed by atoms with Crippen LogP contribution in [-0.2, 0) is 19.1 Å². The number of carbonyl (C=O) groups excluding carboxylic acids is 3. The van der Waals surface area contributed by atoms with Crippen molar-refractivity contribution in [3.63, 3.8) is 0 Å². The van der Waals surface area contributed by atoms with Crippen LogP contribution < -0.4 is 10.1 Å². The van der Waals surface area contributed by atoms with E-state index in [1.165, 1.54) is 25.3 Å². The Morgan fingerprint density at radius 2 is 1.78 bits per heavy atom. The van der Waals surface area contributed by atoms with Crippen molar-refractivity contribution in [3.8, 4) is 5.75 Å². The number of carbonyl (C=O) groups is 3. The van der Waals surface area contributed by atoms with Crippen molar-refractivity contribution in [1.82, 2.24) is 0 Å². The zero-order chi connectivity index (χ0) is 19.6. The van der Waals surface area contributed by atoms with Crippen molar-refractivity contribution in [3.05, 3.63) is 65.7 Å². The van der Waals surface area contributed by atoms with Crippen molar-refractivity contribution in [1.29, 1.82) is 0 Å². The molecule has 0 saturated carbocycles. The summed E-state index contributed by atoms with van der Waals surface area (Å²) in [4.78, 5) is 34.9. The Morgan fingerprint density at radius 3 is 2.44 bits per heavy atom. The van der Waals surface area contributed by atoms with Gasteiger partial charge in [0.25, 0.3) is 5.91 Å². The van der Waals surface area contributed by atoms with Gasteiger partial charge in [-0.2, -0.15) is 0 Å². The van der Waals surface area contributed by atoms with E-state index in [9.17, 15) is 14.4 Å². The molecule has 0 aromatic heterocycles. The van der Waals surface area contributed by atoms with Crippen LogP contribution in [0.15, 0.2) is 54.6 Å². The van der Waals surface area contributed by atoms with Crippen LogP contribution in [0.4, 0.5) is 5.69 Å². The molecule has 0 radical (unpaired) electrons. The lowest BCUT2D eigenvalue weighted by molar-refractivity contribution is -0.142.